The first kappa shape index (κ1) is 15.5. The Bertz CT molecular complexity index is 1110. The van der Waals surface area contributed by atoms with E-state index in [9.17, 15) is 4.79 Å². The molecule has 25 heavy (non-hydrogen) atoms. The minimum absolute atomic E-state index is 0.0553. The van der Waals surface area contributed by atoms with Crippen molar-refractivity contribution in [3.05, 3.63) is 92.7 Å². The third-order valence-corrected chi connectivity index (χ3v) is 4.87. The van der Waals surface area contributed by atoms with Crippen LogP contribution in [0.5, 0.6) is 0 Å². The first-order valence-corrected chi connectivity index (χ1v) is 8.91. The van der Waals surface area contributed by atoms with Crippen LogP contribution in [-0.4, -0.2) is 9.55 Å². The first-order valence-electron chi connectivity index (χ1n) is 8.03. The molecule has 2 aromatic carbocycles. The van der Waals surface area contributed by atoms with Crippen LogP contribution in [0.4, 0.5) is 0 Å². The Kier molecular flexibility index (Phi) is 4.04. The van der Waals surface area contributed by atoms with Crippen molar-refractivity contribution in [2.24, 2.45) is 0 Å². The van der Waals surface area contributed by atoms with Crippen LogP contribution in [0.3, 0.4) is 0 Å². The van der Waals surface area contributed by atoms with Gasteiger partial charge < -0.3 is 0 Å². The van der Waals surface area contributed by atoms with E-state index in [0.29, 0.717) is 16.7 Å². The lowest BCUT2D eigenvalue weighted by molar-refractivity contribution is 0.943. The van der Waals surface area contributed by atoms with Gasteiger partial charge in [0, 0.05) is 4.88 Å². The summed E-state index contributed by atoms with van der Waals surface area (Å²) in [6.07, 6.45) is 3.89. The molecule has 4 heteroatoms. The Morgan fingerprint density at radius 2 is 1.76 bits per heavy atom. The number of aromatic nitrogens is 2. The predicted octanol–water partition coefficient (Wildman–Crippen LogP) is 4.93. The second-order valence-corrected chi connectivity index (χ2v) is 6.79. The van der Waals surface area contributed by atoms with Crippen LogP contribution in [0.15, 0.2) is 70.8 Å². The van der Waals surface area contributed by atoms with E-state index in [1.165, 1.54) is 0 Å². The van der Waals surface area contributed by atoms with E-state index in [-0.39, 0.29) is 5.56 Å². The smallest absolute Gasteiger partial charge is 0.266 e. The molecule has 0 spiro atoms. The van der Waals surface area contributed by atoms with Gasteiger partial charge in [0.1, 0.15) is 5.82 Å². The van der Waals surface area contributed by atoms with Crippen molar-refractivity contribution >= 4 is 34.4 Å². The average Bonchev–Trinajstić information content (AvgIpc) is 3.15. The van der Waals surface area contributed by atoms with Gasteiger partial charge >= 0.3 is 0 Å². The Labute approximate surface area is 149 Å². The van der Waals surface area contributed by atoms with Gasteiger partial charge in [-0.15, -0.1) is 11.3 Å². The Morgan fingerprint density at radius 1 is 0.960 bits per heavy atom. The standard InChI is InChI=1S/C21H16N2OS/c1-15-8-10-16(11-9-15)23-20(13-12-17-5-4-14-25-17)22-19-7-3-2-6-18(19)21(23)24/h2-14H,1H3/b13-12+. The van der Waals surface area contributed by atoms with Crippen LogP contribution >= 0.6 is 11.3 Å². The van der Waals surface area contributed by atoms with Gasteiger partial charge in [-0.05, 0) is 54.8 Å². The number of benzene rings is 2. The summed E-state index contributed by atoms with van der Waals surface area (Å²) in [6, 6.07) is 19.4. The van der Waals surface area contributed by atoms with Gasteiger partial charge in [-0.2, -0.15) is 0 Å². The number of rotatable bonds is 3. The summed E-state index contributed by atoms with van der Waals surface area (Å²) in [5.74, 6) is 0.626. The van der Waals surface area contributed by atoms with Crippen LogP contribution in [0.25, 0.3) is 28.7 Å². The fraction of sp³-hybridized carbons (Fsp3) is 0.0476. The van der Waals surface area contributed by atoms with Gasteiger partial charge in [0.25, 0.3) is 5.56 Å². The predicted molar refractivity (Wildman–Crippen MR) is 105 cm³/mol. The summed E-state index contributed by atoms with van der Waals surface area (Å²) in [7, 11) is 0. The molecule has 0 saturated heterocycles. The SMILES string of the molecule is Cc1ccc(-n2c(/C=C/c3cccs3)nc3ccccc3c2=O)cc1. The molecule has 2 aromatic heterocycles. The van der Waals surface area contributed by atoms with Gasteiger partial charge in [-0.25, -0.2) is 4.98 Å². The molecule has 0 fully saturated rings. The van der Waals surface area contributed by atoms with Gasteiger partial charge in [-0.1, -0.05) is 35.9 Å². The number of aryl methyl sites for hydroxylation is 1. The fourth-order valence-corrected chi connectivity index (χ4v) is 3.37. The zero-order valence-corrected chi connectivity index (χ0v) is 14.5. The van der Waals surface area contributed by atoms with Crippen molar-refractivity contribution in [1.82, 2.24) is 9.55 Å². The van der Waals surface area contributed by atoms with Crippen molar-refractivity contribution in [3.63, 3.8) is 0 Å². The van der Waals surface area contributed by atoms with E-state index in [1.54, 1.807) is 15.9 Å². The van der Waals surface area contributed by atoms with Crippen molar-refractivity contribution in [2.45, 2.75) is 6.92 Å². The molecule has 0 aliphatic carbocycles. The minimum Gasteiger partial charge on any atom is -0.268 e. The number of hydrogen-bond donors (Lipinski definition) is 0. The summed E-state index contributed by atoms with van der Waals surface area (Å²) >= 11 is 1.65. The van der Waals surface area contributed by atoms with Crippen LogP contribution in [0.1, 0.15) is 16.3 Å². The van der Waals surface area contributed by atoms with Crippen molar-refractivity contribution in [3.8, 4) is 5.69 Å². The molecule has 0 atom stereocenters. The molecular formula is C21H16N2OS. The molecule has 0 aliphatic rings. The number of fused-ring (bicyclic) bond motifs is 1. The van der Waals surface area contributed by atoms with E-state index in [4.69, 9.17) is 4.98 Å². The highest BCUT2D eigenvalue weighted by molar-refractivity contribution is 7.10. The van der Waals surface area contributed by atoms with Crippen LogP contribution < -0.4 is 5.56 Å². The first-order chi connectivity index (χ1) is 12.2. The molecule has 4 aromatic rings. The highest BCUT2D eigenvalue weighted by Gasteiger charge is 2.10. The molecule has 122 valence electrons. The summed E-state index contributed by atoms with van der Waals surface area (Å²) < 4.78 is 1.67. The van der Waals surface area contributed by atoms with E-state index < -0.39 is 0 Å². The fourth-order valence-electron chi connectivity index (χ4n) is 2.75. The molecule has 4 rings (SSSR count). The maximum Gasteiger partial charge on any atom is 0.266 e. The summed E-state index contributed by atoms with van der Waals surface area (Å²) in [5, 5.41) is 2.65. The van der Waals surface area contributed by atoms with Crippen LogP contribution in [0, 0.1) is 6.92 Å². The van der Waals surface area contributed by atoms with Crippen LogP contribution in [0.2, 0.25) is 0 Å². The number of nitrogens with zero attached hydrogens (tertiary/aromatic N) is 2. The van der Waals surface area contributed by atoms with Gasteiger partial charge in [-0.3, -0.25) is 9.36 Å². The Hall–Kier alpha value is -2.98. The van der Waals surface area contributed by atoms with Gasteiger partial charge in [0.15, 0.2) is 0 Å². The molecule has 0 aliphatic heterocycles. The van der Waals surface area contributed by atoms with Crippen molar-refractivity contribution in [2.75, 3.05) is 0 Å². The molecule has 0 bridgehead atoms. The molecule has 0 amide bonds. The highest BCUT2D eigenvalue weighted by Crippen LogP contribution is 2.17. The summed E-state index contributed by atoms with van der Waals surface area (Å²) in [5.41, 5.74) is 2.63. The molecule has 3 nitrogen and oxygen atoms in total. The monoisotopic (exact) mass is 344 g/mol. The second kappa shape index (κ2) is 6.49. The van der Waals surface area contributed by atoms with E-state index in [2.05, 4.69) is 0 Å². The molecule has 2 heterocycles. The zero-order chi connectivity index (χ0) is 17.2. The molecule has 0 unspecified atom stereocenters. The molecular weight excluding hydrogens is 328 g/mol. The normalized spacial score (nSPS) is 11.4. The van der Waals surface area contributed by atoms with E-state index in [1.807, 2.05) is 85.1 Å². The topological polar surface area (TPSA) is 34.9 Å². The largest absolute Gasteiger partial charge is 0.268 e. The zero-order valence-electron chi connectivity index (χ0n) is 13.7. The Balaban J connectivity index is 1.97. The number of para-hydroxylation sites is 1. The molecule has 0 N–H and O–H groups in total. The lowest BCUT2D eigenvalue weighted by Gasteiger charge is -2.11. The summed E-state index contributed by atoms with van der Waals surface area (Å²) in [4.78, 5) is 18.9. The third-order valence-electron chi connectivity index (χ3n) is 4.03. The van der Waals surface area contributed by atoms with Crippen molar-refractivity contribution in [1.29, 1.82) is 0 Å². The summed E-state index contributed by atoms with van der Waals surface area (Å²) in [6.45, 7) is 2.03. The molecule has 0 saturated carbocycles. The van der Waals surface area contributed by atoms with E-state index >= 15 is 0 Å². The maximum atomic E-state index is 13.1. The second-order valence-electron chi connectivity index (χ2n) is 5.81. The van der Waals surface area contributed by atoms with Gasteiger partial charge in [0.05, 0.1) is 16.6 Å². The number of hydrogen-bond acceptors (Lipinski definition) is 3. The maximum absolute atomic E-state index is 13.1. The van der Waals surface area contributed by atoms with Gasteiger partial charge in [0.2, 0.25) is 0 Å². The molecule has 0 radical (unpaired) electrons. The quantitative estimate of drug-likeness (QED) is 0.528. The Morgan fingerprint density at radius 3 is 2.52 bits per heavy atom. The number of thiophene rings is 1. The lowest BCUT2D eigenvalue weighted by Crippen LogP contribution is -2.22. The average molecular weight is 344 g/mol. The minimum atomic E-state index is -0.0553. The highest BCUT2D eigenvalue weighted by atomic mass is 32.1. The van der Waals surface area contributed by atoms with Crippen molar-refractivity contribution < 1.29 is 0 Å². The lowest BCUT2D eigenvalue weighted by atomic mass is 10.2. The third kappa shape index (κ3) is 3.04. The van der Waals surface area contributed by atoms with Crippen LogP contribution in [-0.2, 0) is 0 Å². The van der Waals surface area contributed by atoms with E-state index in [0.717, 1.165) is 16.1 Å².